The highest BCUT2D eigenvalue weighted by atomic mass is 19.4. The Labute approximate surface area is 154 Å². The number of methoxy groups -OCH3 is 1. The zero-order chi connectivity index (χ0) is 19.6. The van der Waals surface area contributed by atoms with Gasteiger partial charge in [-0.15, -0.1) is 0 Å². The average molecular weight is 376 g/mol. The van der Waals surface area contributed by atoms with Gasteiger partial charge in [-0.2, -0.15) is 13.2 Å². The monoisotopic (exact) mass is 376 g/mol. The minimum absolute atomic E-state index is 0.190. The second-order valence-corrected chi connectivity index (χ2v) is 6.18. The third-order valence-electron chi connectivity index (χ3n) is 4.43. The summed E-state index contributed by atoms with van der Waals surface area (Å²) in [5.74, 6) is -0.290. The predicted octanol–water partition coefficient (Wildman–Crippen LogP) is 4.82. The lowest BCUT2D eigenvalue weighted by Crippen LogP contribution is -2.19. The van der Waals surface area contributed by atoms with E-state index in [0.717, 1.165) is 22.5 Å². The van der Waals surface area contributed by atoms with Crippen molar-refractivity contribution in [3.8, 4) is 11.6 Å². The number of rotatable bonds is 5. The third kappa shape index (κ3) is 3.98. The molecule has 1 aromatic heterocycles. The first-order valence-electron chi connectivity index (χ1n) is 8.36. The maximum Gasteiger partial charge on any atom is 0.419 e. The molecule has 142 valence electrons. The van der Waals surface area contributed by atoms with Crippen LogP contribution in [-0.4, -0.2) is 17.2 Å². The number of hydrogen-bond acceptors (Lipinski definition) is 4. The first kappa shape index (κ1) is 19.0. The number of halogens is 3. The molecule has 0 aliphatic carbocycles. The quantitative estimate of drug-likeness (QED) is 0.670. The molecule has 1 heterocycles. The van der Waals surface area contributed by atoms with Crippen molar-refractivity contribution in [1.29, 1.82) is 0 Å². The highest BCUT2D eigenvalue weighted by molar-refractivity contribution is 5.82. The molecule has 27 heavy (non-hydrogen) atoms. The van der Waals surface area contributed by atoms with Gasteiger partial charge >= 0.3 is 6.18 Å². The molecule has 0 fully saturated rings. The van der Waals surface area contributed by atoms with E-state index >= 15 is 0 Å². The topological polar surface area (TPSA) is 54.4 Å². The van der Waals surface area contributed by atoms with Crippen LogP contribution in [0.15, 0.2) is 48.5 Å². The van der Waals surface area contributed by atoms with Crippen molar-refractivity contribution in [1.82, 2.24) is 10.3 Å². The largest absolute Gasteiger partial charge is 0.507 e. The Morgan fingerprint density at radius 2 is 1.89 bits per heavy atom. The van der Waals surface area contributed by atoms with Crippen LogP contribution in [0.1, 0.15) is 29.7 Å². The minimum Gasteiger partial charge on any atom is -0.507 e. The Bertz CT molecular complexity index is 958. The van der Waals surface area contributed by atoms with Gasteiger partial charge in [0.1, 0.15) is 5.75 Å². The van der Waals surface area contributed by atoms with E-state index in [1.165, 1.54) is 19.2 Å². The van der Waals surface area contributed by atoms with Crippen LogP contribution in [0.3, 0.4) is 0 Å². The molecule has 0 radical (unpaired) electrons. The Morgan fingerprint density at radius 1 is 1.15 bits per heavy atom. The summed E-state index contributed by atoms with van der Waals surface area (Å²) >= 11 is 0. The lowest BCUT2D eigenvalue weighted by molar-refractivity contribution is -0.138. The second kappa shape index (κ2) is 7.44. The number of aromatic hydroxyl groups is 1. The van der Waals surface area contributed by atoms with Crippen LogP contribution < -0.4 is 10.1 Å². The van der Waals surface area contributed by atoms with E-state index in [2.05, 4.69) is 10.3 Å². The van der Waals surface area contributed by atoms with Gasteiger partial charge in [-0.1, -0.05) is 30.3 Å². The highest BCUT2D eigenvalue weighted by Crippen LogP contribution is 2.39. The van der Waals surface area contributed by atoms with Gasteiger partial charge in [0.25, 0.3) is 0 Å². The highest BCUT2D eigenvalue weighted by Gasteiger charge is 2.35. The molecule has 0 aliphatic rings. The molecule has 2 N–H and O–H groups in total. The van der Waals surface area contributed by atoms with E-state index < -0.39 is 23.5 Å². The van der Waals surface area contributed by atoms with E-state index in [-0.39, 0.29) is 5.56 Å². The van der Waals surface area contributed by atoms with E-state index in [1.807, 2.05) is 24.3 Å². The summed E-state index contributed by atoms with van der Waals surface area (Å²) in [6.07, 6.45) is -4.60. The Balaban J connectivity index is 1.87. The van der Waals surface area contributed by atoms with Crippen molar-refractivity contribution in [3.05, 3.63) is 65.2 Å². The van der Waals surface area contributed by atoms with Crippen molar-refractivity contribution in [2.24, 2.45) is 0 Å². The molecular weight excluding hydrogens is 357 g/mol. The molecule has 0 spiro atoms. The Morgan fingerprint density at radius 3 is 2.59 bits per heavy atom. The number of alkyl halides is 3. The first-order chi connectivity index (χ1) is 12.8. The van der Waals surface area contributed by atoms with E-state index in [1.54, 1.807) is 13.0 Å². The molecule has 0 bridgehead atoms. The minimum atomic E-state index is -4.60. The molecule has 0 unspecified atom stereocenters. The maximum atomic E-state index is 13.0. The number of phenols is 1. The van der Waals surface area contributed by atoms with Crippen LogP contribution >= 0.6 is 0 Å². The number of aromatic nitrogens is 1. The summed E-state index contributed by atoms with van der Waals surface area (Å²) in [5.41, 5.74) is 0.818. The van der Waals surface area contributed by atoms with Crippen molar-refractivity contribution >= 4 is 10.9 Å². The van der Waals surface area contributed by atoms with Gasteiger partial charge in [0.2, 0.25) is 5.88 Å². The van der Waals surface area contributed by atoms with Gasteiger partial charge in [0, 0.05) is 29.6 Å². The molecule has 3 rings (SSSR count). The van der Waals surface area contributed by atoms with Gasteiger partial charge in [-0.25, -0.2) is 4.98 Å². The van der Waals surface area contributed by atoms with E-state index in [4.69, 9.17) is 4.74 Å². The average Bonchev–Trinajstić information content (AvgIpc) is 2.64. The zero-order valence-corrected chi connectivity index (χ0v) is 14.8. The third-order valence-corrected chi connectivity index (χ3v) is 4.43. The lowest BCUT2D eigenvalue weighted by Gasteiger charge is -2.19. The van der Waals surface area contributed by atoms with Crippen molar-refractivity contribution in [3.63, 3.8) is 0 Å². The SMILES string of the molecule is COc1cc(CN[C@H](C)c2cccc(C(F)(F)F)c2O)c2ccccc2n1. The molecule has 4 nitrogen and oxygen atoms in total. The molecule has 0 saturated heterocycles. The van der Waals surface area contributed by atoms with Crippen LogP contribution in [0.2, 0.25) is 0 Å². The molecule has 1 atom stereocenters. The van der Waals surface area contributed by atoms with E-state index in [9.17, 15) is 18.3 Å². The summed E-state index contributed by atoms with van der Waals surface area (Å²) in [7, 11) is 1.53. The van der Waals surface area contributed by atoms with Gasteiger partial charge in [0.15, 0.2) is 0 Å². The molecule has 3 aromatic rings. The zero-order valence-electron chi connectivity index (χ0n) is 14.8. The number of hydrogen-bond donors (Lipinski definition) is 2. The predicted molar refractivity (Wildman–Crippen MR) is 96.7 cm³/mol. The van der Waals surface area contributed by atoms with Crippen molar-refractivity contribution < 1.29 is 23.0 Å². The van der Waals surface area contributed by atoms with Gasteiger partial charge in [-0.3, -0.25) is 0 Å². The number of benzene rings is 2. The fourth-order valence-corrected chi connectivity index (χ4v) is 2.98. The van der Waals surface area contributed by atoms with Gasteiger partial charge < -0.3 is 15.2 Å². The smallest absolute Gasteiger partial charge is 0.419 e. The molecule has 0 amide bonds. The van der Waals surface area contributed by atoms with E-state index in [0.29, 0.717) is 12.4 Å². The number of para-hydroxylation sites is 2. The number of phenolic OH excluding ortho intramolecular Hbond substituents is 1. The van der Waals surface area contributed by atoms with Gasteiger partial charge in [-0.05, 0) is 24.6 Å². The van der Waals surface area contributed by atoms with Crippen LogP contribution in [0, 0.1) is 0 Å². The number of nitrogens with one attached hydrogen (secondary N) is 1. The van der Waals surface area contributed by atoms with Crippen LogP contribution in [-0.2, 0) is 12.7 Å². The number of fused-ring (bicyclic) bond motifs is 1. The second-order valence-electron chi connectivity index (χ2n) is 6.18. The number of nitrogens with zero attached hydrogens (tertiary/aromatic N) is 1. The summed E-state index contributed by atoms with van der Waals surface area (Å²) in [6.45, 7) is 2.08. The molecule has 0 aliphatic heterocycles. The first-order valence-corrected chi connectivity index (χ1v) is 8.36. The summed E-state index contributed by atoms with van der Waals surface area (Å²) in [6, 6.07) is 12.5. The number of pyridine rings is 1. The lowest BCUT2D eigenvalue weighted by atomic mass is 10.0. The normalized spacial score (nSPS) is 12.9. The van der Waals surface area contributed by atoms with Crippen LogP contribution in [0.4, 0.5) is 13.2 Å². The number of ether oxygens (including phenoxy) is 1. The Hall–Kier alpha value is -2.80. The standard InChI is InChI=1S/C20H19F3N2O2/c1-12(14-7-5-8-16(19(14)26)20(21,22)23)24-11-13-10-18(27-2)25-17-9-4-3-6-15(13)17/h3-10,12,24,26H,11H2,1-2H3/t12-/m1/s1. The van der Waals surface area contributed by atoms with Crippen molar-refractivity contribution in [2.45, 2.75) is 25.7 Å². The van der Waals surface area contributed by atoms with Gasteiger partial charge in [0.05, 0.1) is 18.2 Å². The summed E-state index contributed by atoms with van der Waals surface area (Å²) in [5, 5.41) is 14.1. The molecule has 0 saturated carbocycles. The summed E-state index contributed by atoms with van der Waals surface area (Å²) < 4.78 is 44.2. The summed E-state index contributed by atoms with van der Waals surface area (Å²) in [4.78, 5) is 4.38. The maximum absolute atomic E-state index is 13.0. The van der Waals surface area contributed by atoms with Crippen LogP contribution in [0.25, 0.3) is 10.9 Å². The van der Waals surface area contributed by atoms with Crippen molar-refractivity contribution in [2.75, 3.05) is 7.11 Å². The fraction of sp³-hybridized carbons (Fsp3) is 0.250. The molecule has 7 heteroatoms. The fourth-order valence-electron chi connectivity index (χ4n) is 2.98. The van der Waals surface area contributed by atoms with Crippen LogP contribution in [0.5, 0.6) is 11.6 Å². The Kier molecular flexibility index (Phi) is 5.23. The molecular formula is C20H19F3N2O2. The molecule has 2 aromatic carbocycles.